The zero-order valence-electron chi connectivity index (χ0n) is 14.4. The molecule has 0 saturated heterocycles. The molecule has 1 aliphatic rings. The molecule has 4 rings (SSSR count). The molecule has 142 valence electrons. The molecule has 0 spiro atoms. The number of carbonyl (C=O) groups is 1. The van der Waals surface area contributed by atoms with Gasteiger partial charge in [0.15, 0.2) is 0 Å². The van der Waals surface area contributed by atoms with Crippen LogP contribution in [0.2, 0.25) is 0 Å². The first-order valence-corrected chi connectivity index (χ1v) is 9.99. The molecule has 28 heavy (non-hydrogen) atoms. The summed E-state index contributed by atoms with van der Waals surface area (Å²) in [4.78, 5) is 17.5. The molecule has 1 unspecified atom stereocenters. The molecule has 3 heterocycles. The summed E-state index contributed by atoms with van der Waals surface area (Å²) in [5.41, 5.74) is 0.271. The molecule has 2 aromatic heterocycles. The standard InChI is InChI=1S/C19H14F2N4OS2/c1-2-25-14(10-13(24-25)19-22-8-9-27-19)15-6-7-16(28-15)23-18(26)17-11(20)4-3-5-12(17)21/h2-9,14H,1,10H2,(H,23,26). The van der Waals surface area contributed by atoms with Crippen molar-refractivity contribution in [2.24, 2.45) is 5.10 Å². The van der Waals surface area contributed by atoms with E-state index in [1.807, 2.05) is 11.4 Å². The molecule has 0 fully saturated rings. The summed E-state index contributed by atoms with van der Waals surface area (Å²) in [6.45, 7) is 3.80. The van der Waals surface area contributed by atoms with Gasteiger partial charge in [0, 0.05) is 29.1 Å². The lowest BCUT2D eigenvalue weighted by molar-refractivity contribution is 0.101. The molecule has 9 heteroatoms. The fourth-order valence-electron chi connectivity index (χ4n) is 2.91. The summed E-state index contributed by atoms with van der Waals surface area (Å²) < 4.78 is 27.6. The van der Waals surface area contributed by atoms with E-state index in [-0.39, 0.29) is 6.04 Å². The van der Waals surface area contributed by atoms with Gasteiger partial charge < -0.3 is 5.32 Å². The number of carbonyl (C=O) groups excluding carboxylic acids is 1. The normalized spacial score (nSPS) is 16.1. The Bertz CT molecular complexity index is 1040. The first kappa shape index (κ1) is 18.5. The number of nitrogens with one attached hydrogen (secondary N) is 1. The number of hydrogen-bond donors (Lipinski definition) is 1. The van der Waals surface area contributed by atoms with Crippen LogP contribution in [0.4, 0.5) is 13.8 Å². The second-order valence-corrected chi connectivity index (χ2v) is 7.93. The smallest absolute Gasteiger partial charge is 0.262 e. The van der Waals surface area contributed by atoms with Crippen molar-refractivity contribution in [2.75, 3.05) is 5.32 Å². The van der Waals surface area contributed by atoms with Crippen LogP contribution in [0.3, 0.4) is 0 Å². The van der Waals surface area contributed by atoms with E-state index in [0.717, 1.165) is 27.7 Å². The van der Waals surface area contributed by atoms with Crippen molar-refractivity contribution < 1.29 is 13.6 Å². The van der Waals surface area contributed by atoms with Crippen molar-refractivity contribution in [1.82, 2.24) is 9.99 Å². The molecular weight excluding hydrogens is 402 g/mol. The summed E-state index contributed by atoms with van der Waals surface area (Å²) in [5.74, 6) is -2.62. The van der Waals surface area contributed by atoms with Crippen molar-refractivity contribution in [1.29, 1.82) is 0 Å². The second kappa shape index (κ2) is 7.61. The van der Waals surface area contributed by atoms with Crippen molar-refractivity contribution in [3.8, 4) is 0 Å². The molecular formula is C19H14F2N4OS2. The fraction of sp³-hybridized carbons (Fsp3) is 0.105. The van der Waals surface area contributed by atoms with Crippen LogP contribution in [-0.4, -0.2) is 21.6 Å². The first-order chi connectivity index (χ1) is 13.6. The van der Waals surface area contributed by atoms with E-state index >= 15 is 0 Å². The number of hydrogen-bond acceptors (Lipinski definition) is 6. The van der Waals surface area contributed by atoms with Crippen LogP contribution < -0.4 is 5.32 Å². The minimum atomic E-state index is -0.899. The summed E-state index contributed by atoms with van der Waals surface area (Å²) in [6, 6.07) is 6.82. The number of hydrazone groups is 1. The van der Waals surface area contributed by atoms with Gasteiger partial charge in [0.2, 0.25) is 0 Å². The zero-order valence-corrected chi connectivity index (χ0v) is 16.1. The van der Waals surface area contributed by atoms with E-state index in [2.05, 4.69) is 22.0 Å². The molecule has 1 atom stereocenters. The molecule has 1 N–H and O–H groups in total. The van der Waals surface area contributed by atoms with Gasteiger partial charge in [-0.2, -0.15) is 5.10 Å². The van der Waals surface area contributed by atoms with E-state index in [1.165, 1.54) is 28.7 Å². The van der Waals surface area contributed by atoms with Gasteiger partial charge in [-0.1, -0.05) is 12.6 Å². The van der Waals surface area contributed by atoms with Crippen LogP contribution in [0, 0.1) is 11.6 Å². The van der Waals surface area contributed by atoms with Crippen molar-refractivity contribution in [2.45, 2.75) is 12.5 Å². The SMILES string of the molecule is C=CN1N=C(c2nccs2)CC1c1ccc(NC(=O)c2c(F)cccc2F)s1. The Morgan fingerprint density at radius 2 is 2.07 bits per heavy atom. The van der Waals surface area contributed by atoms with Crippen LogP contribution in [0.1, 0.15) is 32.7 Å². The first-order valence-electron chi connectivity index (χ1n) is 8.30. The lowest BCUT2D eigenvalue weighted by Gasteiger charge is -2.17. The van der Waals surface area contributed by atoms with Gasteiger partial charge in [0.25, 0.3) is 5.91 Å². The van der Waals surface area contributed by atoms with Crippen LogP contribution in [-0.2, 0) is 0 Å². The maximum absolute atomic E-state index is 13.8. The highest BCUT2D eigenvalue weighted by atomic mass is 32.1. The molecule has 0 aliphatic carbocycles. The average Bonchev–Trinajstić information content (AvgIpc) is 3.41. The van der Waals surface area contributed by atoms with Gasteiger partial charge in [0.05, 0.1) is 16.8 Å². The topological polar surface area (TPSA) is 57.6 Å². The monoisotopic (exact) mass is 416 g/mol. The lowest BCUT2D eigenvalue weighted by atomic mass is 10.1. The predicted octanol–water partition coefficient (Wildman–Crippen LogP) is 5.03. The van der Waals surface area contributed by atoms with Gasteiger partial charge >= 0.3 is 0 Å². The molecule has 0 bridgehead atoms. The van der Waals surface area contributed by atoms with Crippen LogP contribution in [0.25, 0.3) is 0 Å². The molecule has 1 amide bonds. The maximum atomic E-state index is 13.8. The third kappa shape index (κ3) is 3.46. The van der Waals surface area contributed by atoms with Gasteiger partial charge in [-0.3, -0.25) is 9.80 Å². The summed E-state index contributed by atoms with van der Waals surface area (Å²) in [7, 11) is 0. The Balaban J connectivity index is 1.52. The quantitative estimate of drug-likeness (QED) is 0.635. The number of thiazole rings is 1. The number of rotatable bonds is 5. The maximum Gasteiger partial charge on any atom is 0.262 e. The highest BCUT2D eigenvalue weighted by Crippen LogP contribution is 2.38. The Labute approximate surface area is 167 Å². The Morgan fingerprint density at radius 3 is 2.75 bits per heavy atom. The van der Waals surface area contributed by atoms with E-state index in [4.69, 9.17) is 0 Å². The average molecular weight is 416 g/mol. The fourth-order valence-corrected chi connectivity index (χ4v) is 4.54. The van der Waals surface area contributed by atoms with E-state index < -0.39 is 23.1 Å². The van der Waals surface area contributed by atoms with E-state index in [0.29, 0.717) is 11.4 Å². The number of halogens is 2. The van der Waals surface area contributed by atoms with Crippen LogP contribution in [0.5, 0.6) is 0 Å². The van der Waals surface area contributed by atoms with Crippen molar-refractivity contribution >= 4 is 39.3 Å². The number of benzene rings is 1. The molecule has 5 nitrogen and oxygen atoms in total. The molecule has 0 saturated carbocycles. The molecule has 1 aromatic carbocycles. The van der Waals surface area contributed by atoms with Crippen molar-refractivity contribution in [3.05, 3.63) is 81.8 Å². The molecule has 0 radical (unpaired) electrons. The zero-order chi connectivity index (χ0) is 19.7. The largest absolute Gasteiger partial charge is 0.313 e. The molecule has 3 aromatic rings. The van der Waals surface area contributed by atoms with Gasteiger partial charge in [0.1, 0.15) is 22.2 Å². The predicted molar refractivity (Wildman–Crippen MR) is 107 cm³/mol. The number of amides is 1. The van der Waals surface area contributed by atoms with Crippen LogP contribution >= 0.6 is 22.7 Å². The number of aromatic nitrogens is 1. The van der Waals surface area contributed by atoms with Gasteiger partial charge in [-0.25, -0.2) is 13.8 Å². The number of anilines is 1. The minimum absolute atomic E-state index is 0.0720. The summed E-state index contributed by atoms with van der Waals surface area (Å²) >= 11 is 2.84. The van der Waals surface area contributed by atoms with Gasteiger partial charge in [-0.15, -0.1) is 22.7 Å². The summed E-state index contributed by atoms with van der Waals surface area (Å²) in [5, 5.41) is 12.1. The second-order valence-electron chi connectivity index (χ2n) is 5.92. The number of nitrogens with zero attached hydrogens (tertiary/aromatic N) is 3. The van der Waals surface area contributed by atoms with Crippen molar-refractivity contribution in [3.63, 3.8) is 0 Å². The van der Waals surface area contributed by atoms with E-state index in [9.17, 15) is 13.6 Å². The molecule has 1 aliphatic heterocycles. The van der Waals surface area contributed by atoms with Gasteiger partial charge in [-0.05, 0) is 24.3 Å². The van der Waals surface area contributed by atoms with E-state index in [1.54, 1.807) is 23.5 Å². The Hall–Kier alpha value is -2.91. The highest BCUT2D eigenvalue weighted by molar-refractivity contribution is 7.16. The number of thiophene rings is 1. The summed E-state index contributed by atoms with van der Waals surface area (Å²) in [6.07, 6.45) is 4.02. The minimum Gasteiger partial charge on any atom is -0.313 e. The lowest BCUT2D eigenvalue weighted by Crippen LogP contribution is -2.15. The Morgan fingerprint density at radius 1 is 1.29 bits per heavy atom. The Kier molecular flexibility index (Phi) is 5.01. The van der Waals surface area contributed by atoms with Crippen LogP contribution in [0.15, 0.2) is 59.8 Å². The third-order valence-electron chi connectivity index (χ3n) is 4.19. The third-order valence-corrected chi connectivity index (χ3v) is 6.11. The highest BCUT2D eigenvalue weighted by Gasteiger charge is 2.29.